The van der Waals surface area contributed by atoms with Gasteiger partial charge in [-0.25, -0.2) is 4.98 Å². The number of hydrogen-bond acceptors (Lipinski definition) is 3. The molecule has 0 radical (unpaired) electrons. The SMILES string of the molecule is Brc1cccnc1Oc1ccc(OCc2ccccc2)cc1. The van der Waals surface area contributed by atoms with Crippen LogP contribution in [0.1, 0.15) is 5.56 Å². The van der Waals surface area contributed by atoms with E-state index in [1.807, 2.05) is 66.7 Å². The summed E-state index contributed by atoms with van der Waals surface area (Å²) in [6, 6.07) is 21.3. The van der Waals surface area contributed by atoms with Gasteiger partial charge in [0.05, 0.1) is 4.47 Å². The summed E-state index contributed by atoms with van der Waals surface area (Å²) in [5.41, 5.74) is 1.14. The Bertz CT molecular complexity index is 730. The van der Waals surface area contributed by atoms with Crippen LogP contribution in [0.4, 0.5) is 0 Å². The van der Waals surface area contributed by atoms with Crippen LogP contribution in [-0.2, 0) is 6.61 Å². The molecule has 3 nitrogen and oxygen atoms in total. The van der Waals surface area contributed by atoms with Crippen molar-refractivity contribution < 1.29 is 9.47 Å². The lowest BCUT2D eigenvalue weighted by Crippen LogP contribution is -1.95. The Balaban J connectivity index is 1.62. The summed E-state index contributed by atoms with van der Waals surface area (Å²) < 4.78 is 12.3. The standard InChI is InChI=1S/C18H14BrNO2/c19-17-7-4-12-20-18(17)22-16-10-8-15(9-11-16)21-13-14-5-2-1-3-6-14/h1-12H,13H2. The molecule has 4 heteroatoms. The van der Waals surface area contributed by atoms with Gasteiger partial charge in [-0.1, -0.05) is 30.3 Å². The molecule has 0 aliphatic heterocycles. The van der Waals surface area contributed by atoms with Gasteiger partial charge in [0.25, 0.3) is 0 Å². The molecule has 2 aromatic carbocycles. The first kappa shape index (κ1) is 14.6. The number of pyridine rings is 1. The fourth-order valence-corrected chi connectivity index (χ4v) is 2.24. The Morgan fingerprint density at radius 2 is 1.55 bits per heavy atom. The highest BCUT2D eigenvalue weighted by molar-refractivity contribution is 9.10. The van der Waals surface area contributed by atoms with E-state index >= 15 is 0 Å². The van der Waals surface area contributed by atoms with Gasteiger partial charge in [-0.2, -0.15) is 0 Å². The third-order valence-corrected chi connectivity index (χ3v) is 3.61. The Morgan fingerprint density at radius 1 is 0.818 bits per heavy atom. The summed E-state index contributed by atoms with van der Waals surface area (Å²) in [4.78, 5) is 4.17. The fraction of sp³-hybridized carbons (Fsp3) is 0.0556. The summed E-state index contributed by atoms with van der Waals surface area (Å²) >= 11 is 3.41. The molecule has 0 unspecified atom stereocenters. The molecule has 0 aliphatic rings. The predicted molar refractivity (Wildman–Crippen MR) is 89.2 cm³/mol. The molecular formula is C18H14BrNO2. The van der Waals surface area contributed by atoms with Gasteiger partial charge >= 0.3 is 0 Å². The lowest BCUT2D eigenvalue weighted by molar-refractivity contribution is 0.305. The molecule has 0 fully saturated rings. The monoisotopic (exact) mass is 355 g/mol. The highest BCUT2D eigenvalue weighted by Crippen LogP contribution is 2.28. The van der Waals surface area contributed by atoms with E-state index in [4.69, 9.17) is 9.47 Å². The Morgan fingerprint density at radius 3 is 2.27 bits per heavy atom. The maximum absolute atomic E-state index is 5.74. The van der Waals surface area contributed by atoms with Crippen LogP contribution in [-0.4, -0.2) is 4.98 Å². The zero-order valence-corrected chi connectivity index (χ0v) is 13.4. The molecule has 0 amide bonds. The minimum absolute atomic E-state index is 0.542. The first-order chi connectivity index (χ1) is 10.8. The van der Waals surface area contributed by atoms with Crippen LogP contribution in [0.25, 0.3) is 0 Å². The second-order valence-electron chi connectivity index (χ2n) is 4.64. The second kappa shape index (κ2) is 7.09. The normalized spacial score (nSPS) is 10.2. The zero-order valence-electron chi connectivity index (χ0n) is 11.8. The molecule has 0 atom stereocenters. The highest BCUT2D eigenvalue weighted by atomic mass is 79.9. The molecule has 0 spiro atoms. The van der Waals surface area contributed by atoms with Gasteiger partial charge in [0.15, 0.2) is 0 Å². The van der Waals surface area contributed by atoms with Crippen molar-refractivity contribution in [1.29, 1.82) is 0 Å². The third-order valence-electron chi connectivity index (χ3n) is 3.01. The maximum atomic E-state index is 5.74. The third kappa shape index (κ3) is 3.86. The number of rotatable bonds is 5. The van der Waals surface area contributed by atoms with Crippen molar-refractivity contribution in [3.05, 3.63) is 83.0 Å². The van der Waals surface area contributed by atoms with Gasteiger partial charge in [0, 0.05) is 6.20 Å². The molecule has 3 aromatic rings. The topological polar surface area (TPSA) is 31.4 Å². The van der Waals surface area contributed by atoms with Crippen LogP contribution in [0, 0.1) is 0 Å². The summed E-state index contributed by atoms with van der Waals surface area (Å²) in [6.45, 7) is 0.548. The number of halogens is 1. The minimum Gasteiger partial charge on any atom is -0.489 e. The quantitative estimate of drug-likeness (QED) is 0.628. The van der Waals surface area contributed by atoms with E-state index in [1.165, 1.54) is 0 Å². The van der Waals surface area contributed by atoms with Crippen molar-refractivity contribution in [2.75, 3.05) is 0 Å². The van der Waals surface area contributed by atoms with Gasteiger partial charge in [-0.15, -0.1) is 0 Å². The highest BCUT2D eigenvalue weighted by Gasteiger charge is 2.03. The number of ether oxygens (including phenoxy) is 2. The second-order valence-corrected chi connectivity index (χ2v) is 5.49. The van der Waals surface area contributed by atoms with Crippen molar-refractivity contribution >= 4 is 15.9 Å². The molecule has 22 heavy (non-hydrogen) atoms. The Hall–Kier alpha value is -2.33. The Kier molecular flexibility index (Phi) is 4.71. The maximum Gasteiger partial charge on any atom is 0.233 e. The molecule has 3 rings (SSSR count). The van der Waals surface area contributed by atoms with E-state index in [0.29, 0.717) is 18.2 Å². The number of aromatic nitrogens is 1. The molecule has 0 N–H and O–H groups in total. The number of hydrogen-bond donors (Lipinski definition) is 0. The van der Waals surface area contributed by atoms with Gasteiger partial charge in [-0.05, 0) is 57.9 Å². The van der Waals surface area contributed by atoms with Gasteiger partial charge in [-0.3, -0.25) is 0 Å². The van der Waals surface area contributed by atoms with Crippen LogP contribution in [0.5, 0.6) is 17.4 Å². The minimum atomic E-state index is 0.542. The van der Waals surface area contributed by atoms with Crippen molar-refractivity contribution in [1.82, 2.24) is 4.98 Å². The van der Waals surface area contributed by atoms with E-state index in [0.717, 1.165) is 15.8 Å². The molecule has 1 aromatic heterocycles. The number of benzene rings is 2. The molecule has 0 saturated heterocycles. The van der Waals surface area contributed by atoms with Crippen LogP contribution in [0.15, 0.2) is 77.4 Å². The van der Waals surface area contributed by atoms with E-state index in [9.17, 15) is 0 Å². The molecule has 1 heterocycles. The molecule has 0 saturated carbocycles. The lowest BCUT2D eigenvalue weighted by atomic mass is 10.2. The molecule has 0 aliphatic carbocycles. The number of nitrogens with zero attached hydrogens (tertiary/aromatic N) is 1. The van der Waals surface area contributed by atoms with E-state index in [2.05, 4.69) is 20.9 Å². The van der Waals surface area contributed by atoms with Crippen molar-refractivity contribution in [2.45, 2.75) is 6.61 Å². The zero-order chi connectivity index (χ0) is 15.2. The predicted octanol–water partition coefficient (Wildman–Crippen LogP) is 5.22. The van der Waals surface area contributed by atoms with E-state index in [-0.39, 0.29) is 0 Å². The first-order valence-electron chi connectivity index (χ1n) is 6.86. The average molecular weight is 356 g/mol. The fourth-order valence-electron chi connectivity index (χ4n) is 1.90. The summed E-state index contributed by atoms with van der Waals surface area (Å²) in [7, 11) is 0. The van der Waals surface area contributed by atoms with Gasteiger partial charge in [0.1, 0.15) is 18.1 Å². The lowest BCUT2D eigenvalue weighted by Gasteiger charge is -2.09. The first-order valence-corrected chi connectivity index (χ1v) is 7.66. The van der Waals surface area contributed by atoms with Gasteiger partial charge in [0.2, 0.25) is 5.88 Å². The van der Waals surface area contributed by atoms with Crippen LogP contribution in [0.2, 0.25) is 0 Å². The van der Waals surface area contributed by atoms with Crippen molar-refractivity contribution in [3.63, 3.8) is 0 Å². The average Bonchev–Trinajstić information content (AvgIpc) is 2.57. The van der Waals surface area contributed by atoms with Crippen molar-refractivity contribution in [2.24, 2.45) is 0 Å². The molecular weight excluding hydrogens is 342 g/mol. The summed E-state index contributed by atoms with van der Waals surface area (Å²) in [5, 5.41) is 0. The van der Waals surface area contributed by atoms with Crippen LogP contribution < -0.4 is 9.47 Å². The summed E-state index contributed by atoms with van der Waals surface area (Å²) in [6.07, 6.45) is 1.69. The van der Waals surface area contributed by atoms with Crippen LogP contribution in [0.3, 0.4) is 0 Å². The smallest absolute Gasteiger partial charge is 0.233 e. The van der Waals surface area contributed by atoms with E-state index < -0.39 is 0 Å². The van der Waals surface area contributed by atoms with Crippen molar-refractivity contribution in [3.8, 4) is 17.4 Å². The van der Waals surface area contributed by atoms with Gasteiger partial charge < -0.3 is 9.47 Å². The molecule has 0 bridgehead atoms. The largest absolute Gasteiger partial charge is 0.489 e. The Labute approximate surface area is 137 Å². The summed E-state index contributed by atoms with van der Waals surface area (Å²) in [5.74, 6) is 2.06. The molecule has 110 valence electrons. The van der Waals surface area contributed by atoms with E-state index in [1.54, 1.807) is 6.20 Å². The van der Waals surface area contributed by atoms with Crippen LogP contribution >= 0.6 is 15.9 Å².